The zero-order valence-electron chi connectivity index (χ0n) is 19.3. The molecule has 7 heteroatoms. The maximum absolute atomic E-state index is 13.1. The van der Waals surface area contributed by atoms with Crippen LogP contribution in [0.25, 0.3) is 0 Å². The quantitative estimate of drug-likeness (QED) is 0.667. The van der Waals surface area contributed by atoms with Crippen LogP contribution in [0.3, 0.4) is 0 Å². The van der Waals surface area contributed by atoms with E-state index in [0.29, 0.717) is 30.9 Å². The molecule has 0 saturated heterocycles. The third-order valence-corrected chi connectivity index (χ3v) is 9.61. The van der Waals surface area contributed by atoms with Gasteiger partial charge in [-0.2, -0.15) is 0 Å². The first-order chi connectivity index (χ1) is 15.9. The summed E-state index contributed by atoms with van der Waals surface area (Å²) in [5.41, 5.74) is 3.00. The zero-order chi connectivity index (χ0) is 23.0. The van der Waals surface area contributed by atoms with Crippen LogP contribution in [-0.2, 0) is 21.2 Å². The largest absolute Gasteiger partial charge is 0.376 e. The molecule has 1 aromatic carbocycles. The molecule has 2 aliphatic carbocycles. The molecule has 1 aromatic heterocycles. The molecular weight excluding hydrogens is 436 g/mol. The fraction of sp³-hybridized carbons (Fsp3) is 0.577. The Bertz CT molecular complexity index is 1130. The predicted octanol–water partition coefficient (Wildman–Crippen LogP) is 3.84. The normalized spacial score (nSPS) is 27.8. The second-order valence-electron chi connectivity index (χ2n) is 9.98. The van der Waals surface area contributed by atoms with E-state index in [0.717, 1.165) is 44.2 Å². The molecule has 0 radical (unpaired) electrons. The van der Waals surface area contributed by atoms with Crippen molar-refractivity contribution in [1.82, 2.24) is 9.29 Å². The average molecular weight is 471 g/mol. The summed E-state index contributed by atoms with van der Waals surface area (Å²) < 4.78 is 36.5. The number of aromatic nitrogens is 1. The molecule has 2 saturated carbocycles. The molecule has 5 rings (SSSR count). The summed E-state index contributed by atoms with van der Waals surface area (Å²) >= 11 is 0. The Kier molecular flexibility index (Phi) is 6.47. The van der Waals surface area contributed by atoms with Crippen LogP contribution in [0, 0.1) is 6.92 Å². The van der Waals surface area contributed by atoms with Crippen molar-refractivity contribution >= 4 is 10.0 Å². The van der Waals surface area contributed by atoms with Gasteiger partial charge in [0.1, 0.15) is 0 Å². The van der Waals surface area contributed by atoms with Crippen molar-refractivity contribution in [2.24, 2.45) is 0 Å². The molecule has 178 valence electrons. The number of pyridine rings is 1. The lowest BCUT2D eigenvalue weighted by molar-refractivity contribution is -0.00169. The summed E-state index contributed by atoms with van der Waals surface area (Å²) in [5, 5.41) is -0.275. The topological polar surface area (TPSA) is 77.4 Å². The summed E-state index contributed by atoms with van der Waals surface area (Å²) in [6, 6.07) is 13.9. The third kappa shape index (κ3) is 4.96. The van der Waals surface area contributed by atoms with Gasteiger partial charge in [-0.1, -0.05) is 36.4 Å². The van der Waals surface area contributed by atoms with Crippen LogP contribution in [-0.4, -0.2) is 37.0 Å². The summed E-state index contributed by atoms with van der Waals surface area (Å²) in [5.74, 6) is 0.574. The number of aryl methyl sites for hydroxylation is 2. The molecule has 2 unspecified atom stereocenters. The molecule has 1 aliphatic heterocycles. The predicted molar refractivity (Wildman–Crippen MR) is 129 cm³/mol. The third-order valence-electron chi connectivity index (χ3n) is 7.63. The van der Waals surface area contributed by atoms with Crippen molar-refractivity contribution in [3.63, 3.8) is 0 Å². The van der Waals surface area contributed by atoms with Crippen LogP contribution in [0.15, 0.2) is 47.3 Å². The van der Waals surface area contributed by atoms with Crippen molar-refractivity contribution < 1.29 is 13.2 Å². The number of nitrogens with zero attached hydrogens (tertiary/aromatic N) is 1. The van der Waals surface area contributed by atoms with Crippen molar-refractivity contribution in [3.05, 3.63) is 69.6 Å². The van der Waals surface area contributed by atoms with Crippen LogP contribution >= 0.6 is 0 Å². The van der Waals surface area contributed by atoms with Crippen molar-refractivity contribution in [2.45, 2.75) is 87.6 Å². The fourth-order valence-electron chi connectivity index (χ4n) is 5.47. The number of benzene rings is 1. The first-order valence-electron chi connectivity index (χ1n) is 12.3. The Morgan fingerprint density at radius 3 is 2.39 bits per heavy atom. The summed E-state index contributed by atoms with van der Waals surface area (Å²) in [6.45, 7) is 2.17. The molecule has 0 bridgehead atoms. The maximum Gasteiger partial charge on any atom is 0.254 e. The molecule has 6 nitrogen and oxygen atoms in total. The van der Waals surface area contributed by atoms with Gasteiger partial charge in [-0.05, 0) is 75.8 Å². The van der Waals surface area contributed by atoms with E-state index < -0.39 is 10.0 Å². The second kappa shape index (κ2) is 9.35. The van der Waals surface area contributed by atoms with E-state index >= 15 is 0 Å². The average Bonchev–Trinajstić information content (AvgIpc) is 3.68. The van der Waals surface area contributed by atoms with Crippen LogP contribution in [0.4, 0.5) is 0 Å². The number of ether oxygens (including phenoxy) is 1. The van der Waals surface area contributed by atoms with E-state index in [1.807, 2.05) is 19.1 Å². The lowest BCUT2D eigenvalue weighted by Gasteiger charge is -2.37. The van der Waals surface area contributed by atoms with Crippen LogP contribution < -0.4 is 10.3 Å². The van der Waals surface area contributed by atoms with E-state index in [4.69, 9.17) is 4.74 Å². The summed E-state index contributed by atoms with van der Waals surface area (Å²) in [6.07, 6.45) is 7.12. The minimum absolute atomic E-state index is 0.0378. The molecule has 2 atom stereocenters. The van der Waals surface area contributed by atoms with Crippen molar-refractivity contribution in [1.29, 1.82) is 0 Å². The van der Waals surface area contributed by atoms with Crippen LogP contribution in [0.1, 0.15) is 73.7 Å². The first kappa shape index (κ1) is 22.8. The molecule has 2 fully saturated rings. The molecule has 2 aromatic rings. The highest BCUT2D eigenvalue weighted by Crippen LogP contribution is 2.35. The second-order valence-corrected chi connectivity index (χ2v) is 12.0. The van der Waals surface area contributed by atoms with E-state index in [2.05, 4.69) is 35.1 Å². The number of nitrogens with one attached hydrogen (secondary N) is 1. The highest BCUT2D eigenvalue weighted by Gasteiger charge is 2.40. The molecular formula is C26H34N2O4S. The van der Waals surface area contributed by atoms with Gasteiger partial charge < -0.3 is 9.30 Å². The minimum Gasteiger partial charge on any atom is -0.376 e. The number of fused-ring (bicyclic) bond motifs is 1. The van der Waals surface area contributed by atoms with Gasteiger partial charge in [0.05, 0.1) is 24.0 Å². The molecule has 0 spiro atoms. The molecule has 2 heterocycles. The summed E-state index contributed by atoms with van der Waals surface area (Å²) in [4.78, 5) is 13.1. The van der Waals surface area contributed by atoms with Crippen molar-refractivity contribution in [2.75, 3.05) is 6.61 Å². The monoisotopic (exact) mass is 470 g/mol. The first-order valence-corrected chi connectivity index (χ1v) is 13.9. The lowest BCUT2D eigenvalue weighted by Crippen LogP contribution is -2.50. The highest BCUT2D eigenvalue weighted by molar-refractivity contribution is 7.90. The number of hydrogen-bond acceptors (Lipinski definition) is 4. The fourth-order valence-corrected chi connectivity index (χ4v) is 7.12. The van der Waals surface area contributed by atoms with Crippen LogP contribution in [0.2, 0.25) is 0 Å². The Balaban J connectivity index is 1.30. The Hall–Kier alpha value is -1.96. The van der Waals surface area contributed by atoms with Gasteiger partial charge in [0.15, 0.2) is 0 Å². The standard InChI is InChI=1S/C26H34N2O4S/c1-18-7-10-21-11-16-24(27-33(30,31)23-14-15-23)25(28(21)26(18)29)17-32-22-12-8-20(9-13-22)19-5-3-2-4-6-19/h2-7,10,20,22-25,27H,8-9,11-17H2,1H3. The number of rotatable bonds is 7. The van der Waals surface area contributed by atoms with Gasteiger partial charge >= 0.3 is 0 Å². The zero-order valence-corrected chi connectivity index (χ0v) is 20.1. The van der Waals surface area contributed by atoms with E-state index in [-0.39, 0.29) is 29.0 Å². The van der Waals surface area contributed by atoms with Gasteiger partial charge in [0, 0.05) is 17.3 Å². The number of hydrogen-bond donors (Lipinski definition) is 1. The Labute approximate surface area is 196 Å². The van der Waals surface area contributed by atoms with Crippen molar-refractivity contribution in [3.8, 4) is 0 Å². The van der Waals surface area contributed by atoms with E-state index in [1.165, 1.54) is 5.56 Å². The van der Waals surface area contributed by atoms with Gasteiger partial charge in [-0.3, -0.25) is 4.79 Å². The van der Waals surface area contributed by atoms with Gasteiger partial charge in [0.25, 0.3) is 5.56 Å². The van der Waals surface area contributed by atoms with Gasteiger partial charge in [0.2, 0.25) is 10.0 Å². The minimum atomic E-state index is -3.35. The lowest BCUT2D eigenvalue weighted by atomic mass is 9.83. The van der Waals surface area contributed by atoms with E-state index in [9.17, 15) is 13.2 Å². The SMILES string of the molecule is Cc1ccc2n(c1=O)C(COC1CCC(c3ccccc3)CC1)C(NS(=O)(=O)C1CC1)CC2. The van der Waals surface area contributed by atoms with Gasteiger partial charge in [-0.25, -0.2) is 13.1 Å². The smallest absolute Gasteiger partial charge is 0.254 e. The molecule has 3 aliphatic rings. The Morgan fingerprint density at radius 2 is 1.70 bits per heavy atom. The molecule has 0 amide bonds. The maximum atomic E-state index is 13.1. The van der Waals surface area contributed by atoms with Crippen LogP contribution in [0.5, 0.6) is 0 Å². The molecule has 33 heavy (non-hydrogen) atoms. The number of sulfonamides is 1. The Morgan fingerprint density at radius 1 is 0.970 bits per heavy atom. The van der Waals surface area contributed by atoms with Gasteiger partial charge in [-0.15, -0.1) is 0 Å². The molecule has 1 N–H and O–H groups in total. The summed E-state index contributed by atoms with van der Waals surface area (Å²) in [7, 11) is -3.35. The van der Waals surface area contributed by atoms with E-state index in [1.54, 1.807) is 4.57 Å². The highest BCUT2D eigenvalue weighted by atomic mass is 32.2.